The summed E-state index contributed by atoms with van der Waals surface area (Å²) in [4.78, 5) is 0. The highest BCUT2D eigenvalue weighted by molar-refractivity contribution is 5.33. The summed E-state index contributed by atoms with van der Waals surface area (Å²) in [7, 11) is 0. The van der Waals surface area contributed by atoms with Crippen LogP contribution in [0, 0.1) is 23.2 Å². The maximum atomic E-state index is 3.51. The minimum atomic E-state index is 0.689. The predicted molar refractivity (Wildman–Crippen MR) is 70.6 cm³/mol. The van der Waals surface area contributed by atoms with Gasteiger partial charge in [0.15, 0.2) is 0 Å². The molecular weight excluding hydrogens is 206 g/mol. The quantitative estimate of drug-likeness (QED) is 0.614. The van der Waals surface area contributed by atoms with Gasteiger partial charge in [-0.3, -0.25) is 0 Å². The van der Waals surface area contributed by atoms with Crippen LogP contribution in [0.4, 0.5) is 0 Å². The van der Waals surface area contributed by atoms with Crippen molar-refractivity contribution in [1.29, 1.82) is 0 Å². The lowest BCUT2D eigenvalue weighted by Gasteiger charge is -2.13. The third-order valence-electron chi connectivity index (χ3n) is 4.03. The van der Waals surface area contributed by atoms with Gasteiger partial charge in [0, 0.05) is 12.1 Å². The summed E-state index contributed by atoms with van der Waals surface area (Å²) in [6, 6.07) is 10.2. The molecule has 0 aliphatic heterocycles. The van der Waals surface area contributed by atoms with Gasteiger partial charge in [-0.1, -0.05) is 30.0 Å². The molecule has 2 aliphatic rings. The Bertz CT molecular complexity index is 430. The van der Waals surface area contributed by atoms with Crippen LogP contribution in [0.25, 0.3) is 0 Å². The van der Waals surface area contributed by atoms with Crippen molar-refractivity contribution in [3.8, 4) is 11.8 Å². The SMILES string of the molecule is C(#Cc1ccccc1)CNCC1(C2CC2)CC1. The Hall–Kier alpha value is -1.26. The molecule has 0 heterocycles. The van der Waals surface area contributed by atoms with Crippen LogP contribution >= 0.6 is 0 Å². The molecule has 1 aromatic rings. The van der Waals surface area contributed by atoms with E-state index in [1.807, 2.05) is 18.2 Å². The van der Waals surface area contributed by atoms with Gasteiger partial charge in [0.1, 0.15) is 0 Å². The highest BCUT2D eigenvalue weighted by Gasteiger charge is 2.52. The van der Waals surface area contributed by atoms with E-state index in [-0.39, 0.29) is 0 Å². The highest BCUT2D eigenvalue weighted by Crippen LogP contribution is 2.60. The average Bonchev–Trinajstić information content (AvgIpc) is 3.23. The molecule has 0 atom stereocenters. The van der Waals surface area contributed by atoms with E-state index in [1.165, 1.54) is 32.2 Å². The van der Waals surface area contributed by atoms with Gasteiger partial charge in [0.25, 0.3) is 0 Å². The lowest BCUT2D eigenvalue weighted by molar-refractivity contribution is 0.414. The summed E-state index contributed by atoms with van der Waals surface area (Å²) in [5.74, 6) is 7.42. The molecule has 0 aromatic heterocycles. The Morgan fingerprint density at radius 1 is 1.18 bits per heavy atom. The molecule has 1 nitrogen and oxygen atoms in total. The topological polar surface area (TPSA) is 12.0 Å². The van der Waals surface area contributed by atoms with Crippen molar-refractivity contribution in [3.63, 3.8) is 0 Å². The molecule has 0 radical (unpaired) electrons. The zero-order chi connectivity index (χ0) is 11.6. The first-order valence-corrected chi connectivity index (χ1v) is 6.64. The van der Waals surface area contributed by atoms with Crippen molar-refractivity contribution < 1.29 is 0 Å². The monoisotopic (exact) mass is 225 g/mol. The van der Waals surface area contributed by atoms with Crippen molar-refractivity contribution in [3.05, 3.63) is 35.9 Å². The van der Waals surface area contributed by atoms with Crippen LogP contribution < -0.4 is 5.32 Å². The molecule has 2 saturated carbocycles. The van der Waals surface area contributed by atoms with Crippen LogP contribution in [0.15, 0.2) is 30.3 Å². The Morgan fingerprint density at radius 3 is 2.59 bits per heavy atom. The van der Waals surface area contributed by atoms with E-state index in [2.05, 4.69) is 29.3 Å². The molecule has 88 valence electrons. The largest absolute Gasteiger partial charge is 0.306 e. The smallest absolute Gasteiger partial charge is 0.0580 e. The molecule has 0 amide bonds. The summed E-state index contributed by atoms with van der Waals surface area (Å²) >= 11 is 0. The van der Waals surface area contributed by atoms with Crippen molar-refractivity contribution in [2.45, 2.75) is 25.7 Å². The summed E-state index contributed by atoms with van der Waals surface area (Å²) in [5, 5.41) is 3.51. The summed E-state index contributed by atoms with van der Waals surface area (Å²) < 4.78 is 0. The Kier molecular flexibility index (Phi) is 2.91. The van der Waals surface area contributed by atoms with Crippen LogP contribution in [0.3, 0.4) is 0 Å². The molecule has 2 aliphatic carbocycles. The number of benzene rings is 1. The molecule has 0 unspecified atom stereocenters. The third-order valence-corrected chi connectivity index (χ3v) is 4.03. The fraction of sp³-hybridized carbons (Fsp3) is 0.500. The molecule has 1 heteroatoms. The van der Waals surface area contributed by atoms with E-state index in [1.54, 1.807) is 0 Å². The number of nitrogens with one attached hydrogen (secondary N) is 1. The molecule has 0 bridgehead atoms. The van der Waals surface area contributed by atoms with E-state index in [0.717, 1.165) is 18.0 Å². The molecule has 0 spiro atoms. The molecule has 2 fully saturated rings. The maximum Gasteiger partial charge on any atom is 0.0580 e. The molecule has 1 N–H and O–H groups in total. The first-order valence-electron chi connectivity index (χ1n) is 6.64. The molecular formula is C16H19N. The second-order valence-corrected chi connectivity index (χ2v) is 5.41. The average molecular weight is 225 g/mol. The van der Waals surface area contributed by atoms with E-state index >= 15 is 0 Å². The van der Waals surface area contributed by atoms with Gasteiger partial charge in [-0.15, -0.1) is 0 Å². The van der Waals surface area contributed by atoms with Gasteiger partial charge in [0.05, 0.1) is 6.54 Å². The Labute approximate surface area is 104 Å². The summed E-state index contributed by atoms with van der Waals surface area (Å²) in [5.41, 5.74) is 1.80. The minimum Gasteiger partial charge on any atom is -0.306 e. The van der Waals surface area contributed by atoms with Gasteiger partial charge in [-0.05, 0) is 49.1 Å². The fourth-order valence-corrected chi connectivity index (χ4v) is 2.63. The highest BCUT2D eigenvalue weighted by atomic mass is 14.9. The first kappa shape index (κ1) is 10.9. The van der Waals surface area contributed by atoms with E-state index in [4.69, 9.17) is 0 Å². The first-order chi connectivity index (χ1) is 8.39. The second kappa shape index (κ2) is 4.55. The second-order valence-electron chi connectivity index (χ2n) is 5.41. The summed E-state index contributed by atoms with van der Waals surface area (Å²) in [6.07, 6.45) is 5.82. The number of rotatable bonds is 4. The zero-order valence-electron chi connectivity index (χ0n) is 10.2. The molecule has 17 heavy (non-hydrogen) atoms. The predicted octanol–water partition coefficient (Wildman–Crippen LogP) is 2.82. The van der Waals surface area contributed by atoms with E-state index in [9.17, 15) is 0 Å². The van der Waals surface area contributed by atoms with Gasteiger partial charge >= 0.3 is 0 Å². The maximum absolute atomic E-state index is 3.51. The van der Waals surface area contributed by atoms with Crippen LogP contribution in [-0.4, -0.2) is 13.1 Å². The van der Waals surface area contributed by atoms with Gasteiger partial charge in [-0.25, -0.2) is 0 Å². The molecule has 0 saturated heterocycles. The number of hydrogen-bond acceptors (Lipinski definition) is 1. The van der Waals surface area contributed by atoms with E-state index < -0.39 is 0 Å². The van der Waals surface area contributed by atoms with Crippen molar-refractivity contribution in [2.75, 3.05) is 13.1 Å². The fourth-order valence-electron chi connectivity index (χ4n) is 2.63. The van der Waals surface area contributed by atoms with Crippen LogP contribution in [-0.2, 0) is 0 Å². The molecule has 1 aromatic carbocycles. The van der Waals surface area contributed by atoms with Crippen molar-refractivity contribution in [1.82, 2.24) is 5.32 Å². The summed E-state index contributed by atoms with van der Waals surface area (Å²) in [6.45, 7) is 2.00. The van der Waals surface area contributed by atoms with Crippen molar-refractivity contribution in [2.24, 2.45) is 11.3 Å². The normalized spacial score (nSPS) is 20.5. The molecule has 3 rings (SSSR count). The van der Waals surface area contributed by atoms with E-state index in [0.29, 0.717) is 5.41 Å². The lowest BCUT2D eigenvalue weighted by atomic mass is 10.0. The lowest BCUT2D eigenvalue weighted by Crippen LogP contribution is -2.25. The Balaban J connectivity index is 1.42. The Morgan fingerprint density at radius 2 is 1.94 bits per heavy atom. The van der Waals surface area contributed by atoms with Crippen molar-refractivity contribution >= 4 is 0 Å². The van der Waals surface area contributed by atoms with Gasteiger partial charge in [-0.2, -0.15) is 0 Å². The number of hydrogen-bond donors (Lipinski definition) is 1. The van der Waals surface area contributed by atoms with Crippen LogP contribution in [0.1, 0.15) is 31.2 Å². The minimum absolute atomic E-state index is 0.689. The van der Waals surface area contributed by atoms with Gasteiger partial charge in [0.2, 0.25) is 0 Å². The zero-order valence-corrected chi connectivity index (χ0v) is 10.2. The third kappa shape index (κ3) is 2.70. The van der Waals surface area contributed by atoms with Crippen LogP contribution in [0.2, 0.25) is 0 Å². The van der Waals surface area contributed by atoms with Crippen LogP contribution in [0.5, 0.6) is 0 Å². The standard InChI is InChI=1S/C16H19N/c1-2-5-14(6-3-1)7-4-12-17-13-16(10-11-16)15-8-9-15/h1-3,5-6,15,17H,8-13H2. The van der Waals surface area contributed by atoms with Gasteiger partial charge < -0.3 is 5.32 Å².